The lowest BCUT2D eigenvalue weighted by Gasteiger charge is -2.08. The fourth-order valence-corrected chi connectivity index (χ4v) is 0.952. The highest BCUT2D eigenvalue weighted by molar-refractivity contribution is 5.83. The number of hydrogen-bond donors (Lipinski definition) is 2. The minimum Gasteiger partial charge on any atom is -0.467 e. The maximum absolute atomic E-state index is 11.3. The third-order valence-corrected chi connectivity index (χ3v) is 1.57. The molecule has 0 fully saturated rings. The molecule has 0 aliphatic carbocycles. The fourth-order valence-electron chi connectivity index (χ4n) is 0.952. The molecule has 1 heterocycles. The standard InChI is InChI=1S/C8H11N5O2/c1-15-7(14)6(13-8(9)10)5-4-11-2-3-12-5/h2-4,6H,1H3,(H4,9,10,13). The van der Waals surface area contributed by atoms with Crippen molar-refractivity contribution < 1.29 is 9.53 Å². The van der Waals surface area contributed by atoms with Gasteiger partial charge in [0.05, 0.1) is 19.0 Å². The molecule has 0 saturated carbocycles. The van der Waals surface area contributed by atoms with Gasteiger partial charge in [0.15, 0.2) is 12.0 Å². The summed E-state index contributed by atoms with van der Waals surface area (Å²) in [6, 6.07) is -0.964. The Labute approximate surface area is 86.2 Å². The molecule has 0 spiro atoms. The molecule has 4 N–H and O–H groups in total. The molecule has 0 saturated heterocycles. The van der Waals surface area contributed by atoms with Crippen LogP contribution in [-0.4, -0.2) is 29.0 Å². The Morgan fingerprint density at radius 3 is 2.73 bits per heavy atom. The Bertz CT molecular complexity index is 361. The minimum atomic E-state index is -0.964. The van der Waals surface area contributed by atoms with Crippen molar-refractivity contribution >= 4 is 11.9 Å². The molecule has 1 atom stereocenters. The second-order valence-electron chi connectivity index (χ2n) is 2.61. The van der Waals surface area contributed by atoms with Crippen LogP contribution in [0.1, 0.15) is 11.7 Å². The normalized spacial score (nSPS) is 11.5. The quantitative estimate of drug-likeness (QED) is 0.373. The molecule has 15 heavy (non-hydrogen) atoms. The summed E-state index contributed by atoms with van der Waals surface area (Å²) in [5, 5.41) is 0. The number of rotatable bonds is 3. The molecular formula is C8H11N5O2. The lowest BCUT2D eigenvalue weighted by molar-refractivity contribution is -0.142. The Hall–Kier alpha value is -2.18. The average Bonchev–Trinajstić information content (AvgIpc) is 2.26. The van der Waals surface area contributed by atoms with E-state index in [1.807, 2.05) is 0 Å². The van der Waals surface area contributed by atoms with Gasteiger partial charge in [-0.05, 0) is 0 Å². The average molecular weight is 209 g/mol. The number of nitrogens with two attached hydrogens (primary N) is 2. The first-order valence-corrected chi connectivity index (χ1v) is 4.07. The number of aromatic nitrogens is 2. The summed E-state index contributed by atoms with van der Waals surface area (Å²) >= 11 is 0. The number of nitrogens with zero attached hydrogens (tertiary/aromatic N) is 3. The first kappa shape index (κ1) is 10.9. The van der Waals surface area contributed by atoms with E-state index in [1.165, 1.54) is 25.7 Å². The highest BCUT2D eigenvalue weighted by Crippen LogP contribution is 2.14. The van der Waals surface area contributed by atoms with Gasteiger partial charge in [0.25, 0.3) is 0 Å². The Kier molecular flexibility index (Phi) is 3.55. The minimum absolute atomic E-state index is 0.212. The summed E-state index contributed by atoms with van der Waals surface area (Å²) in [5.41, 5.74) is 10.7. The van der Waals surface area contributed by atoms with E-state index >= 15 is 0 Å². The van der Waals surface area contributed by atoms with Crippen molar-refractivity contribution in [2.24, 2.45) is 16.5 Å². The number of aliphatic imine (C=N–C) groups is 1. The van der Waals surface area contributed by atoms with Crippen LogP contribution < -0.4 is 11.5 Å². The van der Waals surface area contributed by atoms with Gasteiger partial charge < -0.3 is 16.2 Å². The summed E-state index contributed by atoms with van der Waals surface area (Å²) in [6.45, 7) is 0. The summed E-state index contributed by atoms with van der Waals surface area (Å²) in [7, 11) is 1.24. The second-order valence-corrected chi connectivity index (χ2v) is 2.61. The monoisotopic (exact) mass is 209 g/mol. The molecule has 1 unspecified atom stereocenters. The van der Waals surface area contributed by atoms with Crippen LogP contribution in [-0.2, 0) is 9.53 Å². The van der Waals surface area contributed by atoms with Crippen LogP contribution in [0.25, 0.3) is 0 Å². The zero-order chi connectivity index (χ0) is 11.3. The zero-order valence-corrected chi connectivity index (χ0v) is 8.12. The number of carbonyl (C=O) groups excluding carboxylic acids is 1. The predicted molar refractivity (Wildman–Crippen MR) is 52.6 cm³/mol. The van der Waals surface area contributed by atoms with E-state index in [0.29, 0.717) is 5.69 Å². The molecule has 0 bridgehead atoms. The van der Waals surface area contributed by atoms with Crippen molar-refractivity contribution in [2.45, 2.75) is 6.04 Å². The molecule has 0 amide bonds. The van der Waals surface area contributed by atoms with Crippen molar-refractivity contribution in [1.82, 2.24) is 9.97 Å². The molecule has 80 valence electrons. The molecule has 0 aliphatic heterocycles. The Balaban J connectivity index is 3.02. The van der Waals surface area contributed by atoms with Crippen LogP contribution in [0.4, 0.5) is 0 Å². The van der Waals surface area contributed by atoms with E-state index in [9.17, 15) is 4.79 Å². The van der Waals surface area contributed by atoms with Gasteiger partial charge in [-0.1, -0.05) is 0 Å². The topological polar surface area (TPSA) is 116 Å². The van der Waals surface area contributed by atoms with E-state index in [2.05, 4.69) is 19.7 Å². The first-order chi connectivity index (χ1) is 7.15. The highest BCUT2D eigenvalue weighted by atomic mass is 16.5. The van der Waals surface area contributed by atoms with Crippen LogP contribution in [0.5, 0.6) is 0 Å². The van der Waals surface area contributed by atoms with Gasteiger partial charge in [-0.15, -0.1) is 0 Å². The summed E-state index contributed by atoms with van der Waals surface area (Å²) < 4.78 is 4.54. The molecule has 7 heteroatoms. The number of ether oxygens (including phenoxy) is 1. The number of guanidine groups is 1. The van der Waals surface area contributed by atoms with Gasteiger partial charge in [0, 0.05) is 12.4 Å². The maximum Gasteiger partial charge on any atom is 0.337 e. The molecule has 1 aromatic rings. The molecule has 0 aliphatic rings. The fraction of sp³-hybridized carbons (Fsp3) is 0.250. The summed E-state index contributed by atoms with van der Waals surface area (Å²) in [4.78, 5) is 22.8. The van der Waals surface area contributed by atoms with Crippen LogP contribution in [0.15, 0.2) is 23.6 Å². The van der Waals surface area contributed by atoms with Crippen molar-refractivity contribution in [3.05, 3.63) is 24.3 Å². The van der Waals surface area contributed by atoms with Crippen LogP contribution in [0.3, 0.4) is 0 Å². The van der Waals surface area contributed by atoms with Gasteiger partial charge in [-0.3, -0.25) is 9.97 Å². The highest BCUT2D eigenvalue weighted by Gasteiger charge is 2.22. The van der Waals surface area contributed by atoms with Gasteiger partial charge in [-0.2, -0.15) is 0 Å². The van der Waals surface area contributed by atoms with Crippen molar-refractivity contribution in [1.29, 1.82) is 0 Å². The molecule has 1 rings (SSSR count). The number of hydrogen-bond acceptors (Lipinski definition) is 5. The van der Waals surface area contributed by atoms with Gasteiger partial charge in [-0.25, -0.2) is 9.79 Å². The van der Waals surface area contributed by atoms with E-state index in [-0.39, 0.29) is 5.96 Å². The first-order valence-electron chi connectivity index (χ1n) is 4.07. The molecule has 0 aromatic carbocycles. The van der Waals surface area contributed by atoms with Gasteiger partial charge >= 0.3 is 5.97 Å². The van der Waals surface area contributed by atoms with Crippen LogP contribution in [0, 0.1) is 0 Å². The van der Waals surface area contributed by atoms with Gasteiger partial charge in [0.1, 0.15) is 0 Å². The Morgan fingerprint density at radius 1 is 1.53 bits per heavy atom. The second kappa shape index (κ2) is 4.89. The van der Waals surface area contributed by atoms with Crippen molar-refractivity contribution in [3.8, 4) is 0 Å². The lowest BCUT2D eigenvalue weighted by Crippen LogP contribution is -2.26. The van der Waals surface area contributed by atoms with Crippen molar-refractivity contribution in [2.75, 3.05) is 7.11 Å². The third-order valence-electron chi connectivity index (χ3n) is 1.57. The maximum atomic E-state index is 11.3. The van der Waals surface area contributed by atoms with E-state index in [1.54, 1.807) is 0 Å². The van der Waals surface area contributed by atoms with E-state index in [0.717, 1.165) is 0 Å². The Morgan fingerprint density at radius 2 is 2.27 bits per heavy atom. The molecule has 1 aromatic heterocycles. The van der Waals surface area contributed by atoms with Crippen molar-refractivity contribution in [3.63, 3.8) is 0 Å². The zero-order valence-electron chi connectivity index (χ0n) is 8.12. The third kappa shape index (κ3) is 2.90. The molecular weight excluding hydrogens is 198 g/mol. The SMILES string of the molecule is COC(=O)C(N=C(N)N)c1cnccn1. The van der Waals surface area contributed by atoms with E-state index in [4.69, 9.17) is 11.5 Å². The number of carbonyl (C=O) groups is 1. The number of esters is 1. The predicted octanol–water partition coefficient (Wildman–Crippen LogP) is -1.04. The smallest absolute Gasteiger partial charge is 0.337 e. The molecule has 7 nitrogen and oxygen atoms in total. The summed E-state index contributed by atoms with van der Waals surface area (Å²) in [5.74, 6) is -0.806. The largest absolute Gasteiger partial charge is 0.467 e. The lowest BCUT2D eigenvalue weighted by atomic mass is 10.2. The van der Waals surface area contributed by atoms with Gasteiger partial charge in [0.2, 0.25) is 0 Å². The van der Waals surface area contributed by atoms with E-state index < -0.39 is 12.0 Å². The summed E-state index contributed by atoms with van der Waals surface area (Å²) in [6.07, 6.45) is 4.31. The van der Waals surface area contributed by atoms with Crippen LogP contribution >= 0.6 is 0 Å². The number of methoxy groups -OCH3 is 1. The van der Waals surface area contributed by atoms with Crippen LogP contribution in [0.2, 0.25) is 0 Å². The molecule has 0 radical (unpaired) electrons.